The second-order valence-corrected chi connectivity index (χ2v) is 6.50. The Morgan fingerprint density at radius 3 is 2.54 bits per heavy atom. The molecule has 3 aromatic rings. The summed E-state index contributed by atoms with van der Waals surface area (Å²) in [7, 11) is 0. The van der Waals surface area contributed by atoms with Crippen LogP contribution in [-0.4, -0.2) is 20.9 Å². The summed E-state index contributed by atoms with van der Waals surface area (Å²) in [6.45, 7) is 5.82. The van der Waals surface area contributed by atoms with Gasteiger partial charge in [-0.2, -0.15) is 9.90 Å². The molecule has 0 spiro atoms. The largest absolute Gasteiger partial charge is 0.319 e. The molecule has 0 radical (unpaired) electrons. The fourth-order valence-electron chi connectivity index (χ4n) is 2.47. The summed E-state index contributed by atoms with van der Waals surface area (Å²) < 4.78 is 0.817. The van der Waals surface area contributed by atoms with E-state index in [9.17, 15) is 4.79 Å². The third-order valence-electron chi connectivity index (χ3n) is 3.69. The number of para-hydroxylation sites is 1. The molecule has 0 unspecified atom stereocenters. The lowest BCUT2D eigenvalue weighted by molar-refractivity contribution is 0.102. The molecule has 3 rings (SSSR count). The Bertz CT molecular complexity index is 917. The van der Waals surface area contributed by atoms with E-state index in [0.717, 1.165) is 15.7 Å². The van der Waals surface area contributed by atoms with E-state index in [0.29, 0.717) is 17.1 Å². The van der Waals surface area contributed by atoms with Crippen molar-refractivity contribution in [3.8, 4) is 5.69 Å². The topological polar surface area (TPSA) is 59.8 Å². The van der Waals surface area contributed by atoms with Gasteiger partial charge in [0.15, 0.2) is 5.69 Å². The standard InChI is InChI=1S/C18H17BrN4O/c1-11-8-9-16(12(2)10-11)23-21-13(3)17(22-23)18(24)20-15-7-5-4-6-14(15)19/h4-10H,1-3H3,(H,20,24). The van der Waals surface area contributed by atoms with E-state index in [1.54, 1.807) is 6.92 Å². The number of anilines is 1. The van der Waals surface area contributed by atoms with Crippen LogP contribution in [0.25, 0.3) is 5.69 Å². The van der Waals surface area contributed by atoms with Gasteiger partial charge in [0.05, 0.1) is 17.1 Å². The normalized spacial score (nSPS) is 10.7. The van der Waals surface area contributed by atoms with Crippen LogP contribution in [0.15, 0.2) is 46.9 Å². The monoisotopic (exact) mass is 384 g/mol. The molecule has 0 atom stereocenters. The highest BCUT2D eigenvalue weighted by molar-refractivity contribution is 9.10. The predicted octanol–water partition coefficient (Wildman–Crippen LogP) is 4.21. The Balaban J connectivity index is 1.91. The minimum absolute atomic E-state index is 0.282. The van der Waals surface area contributed by atoms with Crippen molar-refractivity contribution < 1.29 is 4.79 Å². The number of halogens is 1. The maximum atomic E-state index is 12.5. The van der Waals surface area contributed by atoms with Crippen LogP contribution in [0.3, 0.4) is 0 Å². The van der Waals surface area contributed by atoms with Crippen LogP contribution in [0, 0.1) is 20.8 Å². The maximum absolute atomic E-state index is 12.5. The van der Waals surface area contributed by atoms with Gasteiger partial charge in [-0.3, -0.25) is 4.79 Å². The summed E-state index contributed by atoms with van der Waals surface area (Å²) in [6, 6.07) is 13.5. The van der Waals surface area contributed by atoms with E-state index in [-0.39, 0.29) is 5.91 Å². The van der Waals surface area contributed by atoms with Crippen LogP contribution in [-0.2, 0) is 0 Å². The molecule has 24 heavy (non-hydrogen) atoms. The van der Waals surface area contributed by atoms with Crippen LogP contribution in [0.2, 0.25) is 0 Å². The van der Waals surface area contributed by atoms with Gasteiger partial charge in [0, 0.05) is 4.47 Å². The average Bonchev–Trinajstić information content (AvgIpc) is 2.91. The Morgan fingerprint density at radius 1 is 1.08 bits per heavy atom. The van der Waals surface area contributed by atoms with Crippen molar-refractivity contribution in [1.29, 1.82) is 0 Å². The quantitative estimate of drug-likeness (QED) is 0.735. The van der Waals surface area contributed by atoms with Crippen molar-refractivity contribution in [1.82, 2.24) is 15.0 Å². The lowest BCUT2D eigenvalue weighted by Gasteiger charge is -2.06. The second kappa shape index (κ2) is 6.57. The van der Waals surface area contributed by atoms with Crippen LogP contribution in [0.4, 0.5) is 5.69 Å². The highest BCUT2D eigenvalue weighted by Gasteiger charge is 2.18. The third-order valence-corrected chi connectivity index (χ3v) is 4.38. The van der Waals surface area contributed by atoms with Gasteiger partial charge in [-0.1, -0.05) is 29.8 Å². The zero-order valence-corrected chi connectivity index (χ0v) is 15.3. The number of carbonyl (C=O) groups excluding carboxylic acids is 1. The SMILES string of the molecule is Cc1ccc(-n2nc(C)c(C(=O)Nc3ccccc3Br)n2)c(C)c1. The first-order chi connectivity index (χ1) is 11.5. The minimum atomic E-state index is -0.282. The van der Waals surface area contributed by atoms with Gasteiger partial charge in [0.1, 0.15) is 0 Å². The van der Waals surface area contributed by atoms with Crippen LogP contribution in [0.1, 0.15) is 27.3 Å². The number of carbonyl (C=O) groups is 1. The third kappa shape index (κ3) is 3.23. The first-order valence-corrected chi connectivity index (χ1v) is 8.32. The van der Waals surface area contributed by atoms with Crippen molar-refractivity contribution in [2.24, 2.45) is 0 Å². The number of amides is 1. The maximum Gasteiger partial charge on any atom is 0.278 e. The molecule has 0 aliphatic carbocycles. The predicted molar refractivity (Wildman–Crippen MR) is 97.7 cm³/mol. The zero-order chi connectivity index (χ0) is 17.3. The van der Waals surface area contributed by atoms with Gasteiger partial charge >= 0.3 is 0 Å². The van der Waals surface area contributed by atoms with E-state index in [2.05, 4.69) is 37.5 Å². The van der Waals surface area contributed by atoms with Crippen LogP contribution in [0.5, 0.6) is 0 Å². The Kier molecular flexibility index (Phi) is 4.49. The van der Waals surface area contributed by atoms with Crippen molar-refractivity contribution in [3.63, 3.8) is 0 Å². The highest BCUT2D eigenvalue weighted by Crippen LogP contribution is 2.22. The molecule has 5 nitrogen and oxygen atoms in total. The lowest BCUT2D eigenvalue weighted by Crippen LogP contribution is -2.14. The second-order valence-electron chi connectivity index (χ2n) is 5.65. The lowest BCUT2D eigenvalue weighted by atomic mass is 10.1. The van der Waals surface area contributed by atoms with Crippen molar-refractivity contribution in [2.75, 3.05) is 5.32 Å². The van der Waals surface area contributed by atoms with Crippen molar-refractivity contribution >= 4 is 27.5 Å². The van der Waals surface area contributed by atoms with Gasteiger partial charge in [-0.15, -0.1) is 5.10 Å². The first kappa shape index (κ1) is 16.4. The van der Waals surface area contributed by atoms with Gasteiger partial charge in [-0.25, -0.2) is 0 Å². The number of aryl methyl sites for hydroxylation is 3. The van der Waals surface area contributed by atoms with E-state index >= 15 is 0 Å². The summed E-state index contributed by atoms with van der Waals surface area (Å²) in [5.41, 5.74) is 4.69. The first-order valence-electron chi connectivity index (χ1n) is 7.53. The fraction of sp³-hybridized carbons (Fsp3) is 0.167. The molecule has 1 amide bonds. The summed E-state index contributed by atoms with van der Waals surface area (Å²) in [5, 5.41) is 11.6. The number of nitrogens with zero attached hydrogens (tertiary/aromatic N) is 3. The van der Waals surface area contributed by atoms with E-state index < -0.39 is 0 Å². The van der Waals surface area contributed by atoms with Crippen molar-refractivity contribution in [2.45, 2.75) is 20.8 Å². The molecule has 0 aliphatic rings. The van der Waals surface area contributed by atoms with Gasteiger partial charge in [0.25, 0.3) is 5.91 Å². The van der Waals surface area contributed by atoms with Gasteiger partial charge in [-0.05, 0) is 60.5 Å². The molecule has 0 saturated carbocycles. The summed E-state index contributed by atoms with van der Waals surface area (Å²) in [6.07, 6.45) is 0. The number of hydrogen-bond donors (Lipinski definition) is 1. The summed E-state index contributed by atoms with van der Waals surface area (Å²) >= 11 is 3.42. The molecule has 1 heterocycles. The molecule has 1 N–H and O–H groups in total. The minimum Gasteiger partial charge on any atom is -0.319 e. The molecular weight excluding hydrogens is 368 g/mol. The van der Waals surface area contributed by atoms with Gasteiger partial charge in [0.2, 0.25) is 0 Å². The number of nitrogens with one attached hydrogen (secondary N) is 1. The molecule has 6 heteroatoms. The van der Waals surface area contributed by atoms with E-state index in [1.807, 2.05) is 50.2 Å². The van der Waals surface area contributed by atoms with E-state index in [1.165, 1.54) is 10.4 Å². The number of hydrogen-bond acceptors (Lipinski definition) is 3. The summed E-state index contributed by atoms with van der Waals surface area (Å²) in [4.78, 5) is 14.0. The number of aromatic nitrogens is 3. The average molecular weight is 385 g/mol. The fourth-order valence-corrected chi connectivity index (χ4v) is 2.85. The summed E-state index contributed by atoms with van der Waals surface area (Å²) in [5.74, 6) is -0.282. The van der Waals surface area contributed by atoms with Crippen molar-refractivity contribution in [3.05, 3.63) is 69.5 Å². The molecule has 0 saturated heterocycles. The molecule has 0 fully saturated rings. The molecule has 2 aromatic carbocycles. The van der Waals surface area contributed by atoms with Crippen LogP contribution >= 0.6 is 15.9 Å². The Morgan fingerprint density at radius 2 is 1.83 bits per heavy atom. The molecule has 122 valence electrons. The Hall–Kier alpha value is -2.47. The smallest absolute Gasteiger partial charge is 0.278 e. The Labute approximate surface area is 148 Å². The van der Waals surface area contributed by atoms with Crippen LogP contribution < -0.4 is 5.32 Å². The molecular formula is C18H17BrN4O. The number of rotatable bonds is 3. The highest BCUT2D eigenvalue weighted by atomic mass is 79.9. The van der Waals surface area contributed by atoms with E-state index in [4.69, 9.17) is 0 Å². The molecule has 0 bridgehead atoms. The van der Waals surface area contributed by atoms with Gasteiger partial charge < -0.3 is 5.32 Å². The zero-order valence-electron chi connectivity index (χ0n) is 13.7. The molecule has 0 aliphatic heterocycles. The number of benzene rings is 2. The molecule has 1 aromatic heterocycles.